The molecule has 0 unspecified atom stereocenters. The zero-order valence-corrected chi connectivity index (χ0v) is 10.8. The molecule has 0 aliphatic rings. The largest absolute Gasteiger partial charge is 0.475 e. The highest BCUT2D eigenvalue weighted by Crippen LogP contribution is 2.16. The van der Waals surface area contributed by atoms with E-state index in [-0.39, 0.29) is 5.76 Å². The van der Waals surface area contributed by atoms with Crippen LogP contribution >= 0.6 is 0 Å². The molecule has 1 aromatic rings. The van der Waals surface area contributed by atoms with Crippen LogP contribution < -0.4 is 0 Å². The molecule has 1 rings (SSSR count). The number of carbonyl (C=O) groups is 1. The number of aromatic carboxylic acids is 1. The fraction of sp³-hybridized carbons (Fsp3) is 0.615. The lowest BCUT2D eigenvalue weighted by Gasteiger charge is -2.15. The Morgan fingerprint density at radius 1 is 1.47 bits per heavy atom. The minimum absolute atomic E-state index is 0.0273. The number of unbranched alkanes of at least 4 members (excludes halogenated alkanes) is 2. The Labute approximate surface area is 102 Å². The van der Waals surface area contributed by atoms with E-state index in [1.54, 1.807) is 6.07 Å². The number of carboxylic acid groups (broad SMARTS) is 1. The maximum atomic E-state index is 10.8. The summed E-state index contributed by atoms with van der Waals surface area (Å²) in [5.41, 5.74) is 0.960. The van der Waals surface area contributed by atoms with Crippen molar-refractivity contribution in [3.8, 4) is 0 Å². The second-order valence-electron chi connectivity index (χ2n) is 4.44. The average Bonchev–Trinajstić information content (AvgIpc) is 2.61. The van der Waals surface area contributed by atoms with E-state index >= 15 is 0 Å². The van der Waals surface area contributed by atoms with Gasteiger partial charge in [0.25, 0.3) is 0 Å². The van der Waals surface area contributed by atoms with Gasteiger partial charge in [-0.3, -0.25) is 0 Å². The second kappa shape index (κ2) is 6.45. The summed E-state index contributed by atoms with van der Waals surface area (Å²) in [6.45, 7) is 5.76. The summed E-state index contributed by atoms with van der Waals surface area (Å²) in [6.07, 6.45) is 3.62. The van der Waals surface area contributed by atoms with Crippen LogP contribution in [0.5, 0.6) is 0 Å². The number of furan rings is 1. The summed E-state index contributed by atoms with van der Waals surface area (Å²) < 4.78 is 5.18. The molecule has 0 saturated carbocycles. The van der Waals surface area contributed by atoms with Crippen molar-refractivity contribution in [3.63, 3.8) is 0 Å². The maximum Gasteiger partial charge on any atom is 0.371 e. The Morgan fingerprint density at radius 2 is 2.18 bits per heavy atom. The van der Waals surface area contributed by atoms with Crippen LogP contribution in [0.15, 0.2) is 10.5 Å². The van der Waals surface area contributed by atoms with Crippen molar-refractivity contribution in [3.05, 3.63) is 23.2 Å². The van der Waals surface area contributed by atoms with Gasteiger partial charge in [-0.25, -0.2) is 4.79 Å². The Hall–Kier alpha value is -1.29. The standard InChI is InChI=1S/C13H21NO3/c1-4-5-6-7-14(3)9-11-8-12(13(15)16)17-10(11)2/h8H,4-7,9H2,1-3H3,(H,15,16). The molecule has 4 nitrogen and oxygen atoms in total. The fourth-order valence-corrected chi connectivity index (χ4v) is 1.78. The smallest absolute Gasteiger partial charge is 0.371 e. The minimum atomic E-state index is -1.01. The highest BCUT2D eigenvalue weighted by atomic mass is 16.4. The molecule has 0 fully saturated rings. The summed E-state index contributed by atoms with van der Waals surface area (Å²) in [7, 11) is 2.04. The minimum Gasteiger partial charge on any atom is -0.475 e. The van der Waals surface area contributed by atoms with E-state index in [1.165, 1.54) is 19.3 Å². The van der Waals surface area contributed by atoms with Crippen LogP contribution in [0.1, 0.15) is 48.1 Å². The van der Waals surface area contributed by atoms with E-state index in [4.69, 9.17) is 9.52 Å². The third-order valence-corrected chi connectivity index (χ3v) is 2.82. The molecule has 0 saturated heterocycles. The van der Waals surface area contributed by atoms with Crippen molar-refractivity contribution in [1.82, 2.24) is 4.90 Å². The Bertz CT molecular complexity index is 371. The molecule has 96 valence electrons. The predicted molar refractivity (Wildman–Crippen MR) is 66.3 cm³/mol. The lowest BCUT2D eigenvalue weighted by Crippen LogP contribution is -2.19. The van der Waals surface area contributed by atoms with Crippen LogP contribution in [0.4, 0.5) is 0 Å². The number of rotatable bonds is 7. The van der Waals surface area contributed by atoms with E-state index in [0.717, 1.165) is 18.7 Å². The number of nitrogens with zero attached hydrogens (tertiary/aromatic N) is 1. The highest BCUT2D eigenvalue weighted by molar-refractivity contribution is 5.84. The van der Waals surface area contributed by atoms with Crippen LogP contribution in [0.3, 0.4) is 0 Å². The monoisotopic (exact) mass is 239 g/mol. The molecular formula is C13H21NO3. The predicted octanol–water partition coefficient (Wildman–Crippen LogP) is 2.91. The van der Waals surface area contributed by atoms with Crippen molar-refractivity contribution < 1.29 is 14.3 Å². The van der Waals surface area contributed by atoms with E-state index in [2.05, 4.69) is 11.8 Å². The van der Waals surface area contributed by atoms with Crippen molar-refractivity contribution >= 4 is 5.97 Å². The molecular weight excluding hydrogens is 218 g/mol. The lowest BCUT2D eigenvalue weighted by molar-refractivity contribution is 0.0661. The first kappa shape index (κ1) is 13.8. The molecule has 0 radical (unpaired) electrons. The first-order valence-corrected chi connectivity index (χ1v) is 6.05. The number of aryl methyl sites for hydroxylation is 1. The van der Waals surface area contributed by atoms with Gasteiger partial charge in [0.1, 0.15) is 5.76 Å². The van der Waals surface area contributed by atoms with Crippen LogP contribution in [0.25, 0.3) is 0 Å². The molecule has 0 atom stereocenters. The highest BCUT2D eigenvalue weighted by Gasteiger charge is 2.13. The van der Waals surface area contributed by atoms with Crippen molar-refractivity contribution in [2.24, 2.45) is 0 Å². The second-order valence-corrected chi connectivity index (χ2v) is 4.44. The zero-order chi connectivity index (χ0) is 12.8. The van der Waals surface area contributed by atoms with Gasteiger partial charge in [-0.1, -0.05) is 19.8 Å². The van der Waals surface area contributed by atoms with E-state index in [9.17, 15) is 4.79 Å². The average molecular weight is 239 g/mol. The van der Waals surface area contributed by atoms with Crippen LogP contribution in [0.2, 0.25) is 0 Å². The first-order chi connectivity index (χ1) is 8.04. The molecule has 0 amide bonds. The fourth-order valence-electron chi connectivity index (χ4n) is 1.78. The summed E-state index contributed by atoms with van der Waals surface area (Å²) >= 11 is 0. The number of hydrogen-bond acceptors (Lipinski definition) is 3. The van der Waals surface area contributed by atoms with Gasteiger partial charge >= 0.3 is 5.97 Å². The lowest BCUT2D eigenvalue weighted by atomic mass is 10.2. The Balaban J connectivity index is 2.52. The molecule has 1 aromatic heterocycles. The molecule has 17 heavy (non-hydrogen) atoms. The SMILES string of the molecule is CCCCCN(C)Cc1cc(C(=O)O)oc1C. The number of hydrogen-bond donors (Lipinski definition) is 1. The summed E-state index contributed by atoms with van der Waals surface area (Å²) in [6, 6.07) is 1.62. The van der Waals surface area contributed by atoms with Gasteiger partial charge in [-0.05, 0) is 33.0 Å². The molecule has 0 aliphatic heterocycles. The van der Waals surface area contributed by atoms with E-state index in [0.29, 0.717) is 5.76 Å². The van der Waals surface area contributed by atoms with Crippen molar-refractivity contribution in [2.45, 2.75) is 39.7 Å². The van der Waals surface area contributed by atoms with Gasteiger partial charge in [-0.2, -0.15) is 0 Å². The quantitative estimate of drug-likeness (QED) is 0.743. The van der Waals surface area contributed by atoms with Crippen LogP contribution in [0, 0.1) is 6.92 Å². The molecule has 0 aliphatic carbocycles. The normalized spacial score (nSPS) is 11.1. The van der Waals surface area contributed by atoms with E-state index < -0.39 is 5.97 Å². The molecule has 1 heterocycles. The summed E-state index contributed by atoms with van der Waals surface area (Å²) in [5, 5.41) is 8.82. The molecule has 4 heteroatoms. The van der Waals surface area contributed by atoms with Gasteiger partial charge in [0.15, 0.2) is 0 Å². The van der Waals surface area contributed by atoms with Gasteiger partial charge in [-0.15, -0.1) is 0 Å². The Kier molecular flexibility index (Phi) is 5.22. The molecule has 0 aromatic carbocycles. The third kappa shape index (κ3) is 4.23. The molecule has 0 bridgehead atoms. The number of carboxylic acids is 1. The topological polar surface area (TPSA) is 53.7 Å². The first-order valence-electron chi connectivity index (χ1n) is 6.05. The van der Waals surface area contributed by atoms with Gasteiger partial charge in [0.05, 0.1) is 0 Å². The summed E-state index contributed by atoms with van der Waals surface area (Å²) in [5.74, 6) is -0.280. The van der Waals surface area contributed by atoms with Crippen molar-refractivity contribution in [1.29, 1.82) is 0 Å². The van der Waals surface area contributed by atoms with E-state index in [1.807, 2.05) is 14.0 Å². The van der Waals surface area contributed by atoms with Gasteiger partial charge in [0.2, 0.25) is 5.76 Å². The molecule has 0 spiro atoms. The zero-order valence-electron chi connectivity index (χ0n) is 10.8. The summed E-state index contributed by atoms with van der Waals surface area (Å²) in [4.78, 5) is 12.9. The van der Waals surface area contributed by atoms with Crippen LogP contribution in [-0.2, 0) is 6.54 Å². The third-order valence-electron chi connectivity index (χ3n) is 2.82. The van der Waals surface area contributed by atoms with Crippen LogP contribution in [-0.4, -0.2) is 29.6 Å². The maximum absolute atomic E-state index is 10.8. The van der Waals surface area contributed by atoms with Crippen molar-refractivity contribution in [2.75, 3.05) is 13.6 Å². The Morgan fingerprint density at radius 3 is 2.71 bits per heavy atom. The van der Waals surface area contributed by atoms with Gasteiger partial charge in [0, 0.05) is 12.1 Å². The molecule has 1 N–H and O–H groups in total. The van der Waals surface area contributed by atoms with Gasteiger partial charge < -0.3 is 14.4 Å².